The van der Waals surface area contributed by atoms with Gasteiger partial charge in [0, 0.05) is 18.4 Å². The molecule has 0 N–H and O–H groups in total. The van der Waals surface area contributed by atoms with Gasteiger partial charge in [-0.3, -0.25) is 14.6 Å². The SMILES string of the molecule is Cc1cccnc1C(=O)N1CCOC2(COCC(=O)N(c3ccccc3)C2)C1. The highest BCUT2D eigenvalue weighted by Crippen LogP contribution is 2.27. The maximum atomic E-state index is 13.0. The predicted molar refractivity (Wildman–Crippen MR) is 103 cm³/mol. The molecule has 28 heavy (non-hydrogen) atoms. The number of aromatic nitrogens is 1. The Balaban J connectivity index is 1.59. The summed E-state index contributed by atoms with van der Waals surface area (Å²) in [5.41, 5.74) is 1.32. The van der Waals surface area contributed by atoms with Crippen LogP contribution in [0.3, 0.4) is 0 Å². The van der Waals surface area contributed by atoms with E-state index in [2.05, 4.69) is 4.98 Å². The lowest BCUT2D eigenvalue weighted by Gasteiger charge is -2.43. The lowest BCUT2D eigenvalue weighted by Crippen LogP contribution is -2.60. The molecule has 0 saturated carbocycles. The van der Waals surface area contributed by atoms with Gasteiger partial charge in [-0.05, 0) is 30.7 Å². The number of morpholine rings is 1. The molecule has 1 atom stereocenters. The van der Waals surface area contributed by atoms with Crippen molar-refractivity contribution >= 4 is 17.5 Å². The summed E-state index contributed by atoms with van der Waals surface area (Å²) >= 11 is 0. The third kappa shape index (κ3) is 3.63. The second-order valence-electron chi connectivity index (χ2n) is 7.24. The fraction of sp³-hybridized carbons (Fsp3) is 0.381. The smallest absolute Gasteiger partial charge is 0.272 e. The van der Waals surface area contributed by atoms with Gasteiger partial charge in [-0.25, -0.2) is 0 Å². The number of hydrogen-bond acceptors (Lipinski definition) is 5. The number of pyridine rings is 1. The molecule has 146 valence electrons. The summed E-state index contributed by atoms with van der Waals surface area (Å²) in [6.07, 6.45) is 1.63. The number of anilines is 1. The molecule has 3 heterocycles. The van der Waals surface area contributed by atoms with Crippen molar-refractivity contribution in [3.8, 4) is 0 Å². The van der Waals surface area contributed by atoms with Crippen molar-refractivity contribution in [1.82, 2.24) is 9.88 Å². The summed E-state index contributed by atoms with van der Waals surface area (Å²) in [6.45, 7) is 3.67. The summed E-state index contributed by atoms with van der Waals surface area (Å²) in [4.78, 5) is 33.3. The number of para-hydroxylation sites is 1. The number of carbonyl (C=O) groups excluding carboxylic acids is 2. The van der Waals surface area contributed by atoms with E-state index in [-0.39, 0.29) is 25.0 Å². The van der Waals surface area contributed by atoms with E-state index in [1.54, 1.807) is 16.0 Å². The van der Waals surface area contributed by atoms with Crippen molar-refractivity contribution in [3.63, 3.8) is 0 Å². The quantitative estimate of drug-likeness (QED) is 0.791. The lowest BCUT2D eigenvalue weighted by atomic mass is 10.0. The van der Waals surface area contributed by atoms with Crippen LogP contribution in [0.5, 0.6) is 0 Å². The van der Waals surface area contributed by atoms with E-state index in [1.165, 1.54) is 0 Å². The highest BCUT2D eigenvalue weighted by atomic mass is 16.5. The van der Waals surface area contributed by atoms with Crippen LogP contribution in [0, 0.1) is 6.92 Å². The Bertz CT molecular complexity index is 873. The van der Waals surface area contributed by atoms with Gasteiger partial charge in [-0.2, -0.15) is 0 Å². The standard InChI is InChI=1S/C21H23N3O4/c1-16-6-5-9-22-19(16)20(26)23-10-11-28-21(13-23)14-24(18(25)12-27-15-21)17-7-3-2-4-8-17/h2-9H,10-15H2,1H3. The largest absolute Gasteiger partial charge is 0.368 e. The summed E-state index contributed by atoms with van der Waals surface area (Å²) < 4.78 is 11.7. The third-order valence-electron chi connectivity index (χ3n) is 5.15. The van der Waals surface area contributed by atoms with E-state index >= 15 is 0 Å². The van der Waals surface area contributed by atoms with Gasteiger partial charge in [0.1, 0.15) is 17.9 Å². The molecule has 1 unspecified atom stereocenters. The first-order chi connectivity index (χ1) is 13.6. The van der Waals surface area contributed by atoms with Crippen molar-refractivity contribution in [1.29, 1.82) is 0 Å². The van der Waals surface area contributed by atoms with Gasteiger partial charge in [0.25, 0.3) is 11.8 Å². The lowest BCUT2D eigenvalue weighted by molar-refractivity contribution is -0.128. The number of benzene rings is 1. The molecular formula is C21H23N3O4. The van der Waals surface area contributed by atoms with Crippen LogP contribution in [-0.4, -0.2) is 66.8 Å². The van der Waals surface area contributed by atoms with E-state index in [9.17, 15) is 9.59 Å². The maximum absolute atomic E-state index is 13.0. The van der Waals surface area contributed by atoms with E-state index < -0.39 is 5.60 Å². The maximum Gasteiger partial charge on any atom is 0.272 e. The molecule has 1 aromatic heterocycles. The minimum Gasteiger partial charge on any atom is -0.368 e. The first-order valence-electron chi connectivity index (χ1n) is 9.36. The molecular weight excluding hydrogens is 358 g/mol. The van der Waals surface area contributed by atoms with Gasteiger partial charge in [-0.1, -0.05) is 24.3 Å². The highest BCUT2D eigenvalue weighted by molar-refractivity contribution is 5.95. The van der Waals surface area contributed by atoms with E-state index in [4.69, 9.17) is 9.47 Å². The second kappa shape index (κ2) is 7.69. The van der Waals surface area contributed by atoms with Crippen LogP contribution in [0.25, 0.3) is 0 Å². The molecule has 2 aromatic rings. The Hall–Kier alpha value is -2.77. The van der Waals surface area contributed by atoms with Crippen LogP contribution in [0.2, 0.25) is 0 Å². The first kappa shape index (κ1) is 18.6. The van der Waals surface area contributed by atoms with Gasteiger partial charge in [0.15, 0.2) is 0 Å². The van der Waals surface area contributed by atoms with Crippen molar-refractivity contribution in [2.24, 2.45) is 0 Å². The van der Waals surface area contributed by atoms with Gasteiger partial charge in [-0.15, -0.1) is 0 Å². The fourth-order valence-electron chi connectivity index (χ4n) is 3.73. The average molecular weight is 381 g/mol. The molecule has 2 saturated heterocycles. The number of rotatable bonds is 2. The minimum atomic E-state index is -0.765. The number of carbonyl (C=O) groups is 2. The van der Waals surface area contributed by atoms with Crippen LogP contribution < -0.4 is 4.90 Å². The van der Waals surface area contributed by atoms with Gasteiger partial charge in [0.2, 0.25) is 0 Å². The highest BCUT2D eigenvalue weighted by Gasteiger charge is 2.44. The number of hydrogen-bond donors (Lipinski definition) is 0. The van der Waals surface area contributed by atoms with Crippen LogP contribution in [0.4, 0.5) is 5.69 Å². The molecule has 0 bridgehead atoms. The van der Waals surface area contributed by atoms with Gasteiger partial charge >= 0.3 is 0 Å². The zero-order chi connectivity index (χ0) is 19.6. The minimum absolute atomic E-state index is 0.00665. The molecule has 2 amide bonds. The van der Waals surface area contributed by atoms with Crippen LogP contribution >= 0.6 is 0 Å². The van der Waals surface area contributed by atoms with Crippen LogP contribution in [0.1, 0.15) is 16.1 Å². The van der Waals surface area contributed by atoms with Gasteiger partial charge < -0.3 is 19.3 Å². The van der Waals surface area contributed by atoms with Crippen molar-refractivity contribution in [3.05, 3.63) is 59.9 Å². The van der Waals surface area contributed by atoms with E-state index in [1.807, 2.05) is 49.4 Å². The normalized spacial score (nSPS) is 23.0. The molecule has 0 aliphatic carbocycles. The Labute approximate surface area is 163 Å². The Morgan fingerprint density at radius 3 is 2.75 bits per heavy atom. The first-order valence-corrected chi connectivity index (χ1v) is 9.36. The molecule has 2 aliphatic heterocycles. The molecule has 7 nitrogen and oxygen atoms in total. The Kier molecular flexibility index (Phi) is 5.11. The van der Waals surface area contributed by atoms with Crippen molar-refractivity contribution < 1.29 is 19.1 Å². The zero-order valence-electron chi connectivity index (χ0n) is 15.8. The molecule has 2 aliphatic rings. The third-order valence-corrected chi connectivity index (χ3v) is 5.15. The molecule has 2 fully saturated rings. The number of ether oxygens (including phenoxy) is 2. The molecule has 4 rings (SSSR count). The van der Waals surface area contributed by atoms with Crippen molar-refractivity contribution in [2.45, 2.75) is 12.5 Å². The fourth-order valence-corrected chi connectivity index (χ4v) is 3.73. The summed E-state index contributed by atoms with van der Waals surface area (Å²) in [5.74, 6) is -0.238. The van der Waals surface area contributed by atoms with Gasteiger partial charge in [0.05, 0.1) is 26.3 Å². The van der Waals surface area contributed by atoms with Crippen LogP contribution in [-0.2, 0) is 14.3 Å². The Morgan fingerprint density at radius 2 is 1.96 bits per heavy atom. The number of nitrogens with zero attached hydrogens (tertiary/aromatic N) is 3. The number of aryl methyl sites for hydroxylation is 1. The summed E-state index contributed by atoms with van der Waals surface area (Å²) in [6, 6.07) is 13.2. The monoisotopic (exact) mass is 381 g/mol. The summed E-state index contributed by atoms with van der Waals surface area (Å²) in [7, 11) is 0. The molecule has 1 aromatic carbocycles. The van der Waals surface area contributed by atoms with Crippen molar-refractivity contribution in [2.75, 3.05) is 44.4 Å². The predicted octanol–water partition coefficient (Wildman–Crippen LogP) is 1.66. The number of amides is 2. The molecule has 1 spiro atoms. The van der Waals surface area contributed by atoms with E-state index in [0.29, 0.717) is 31.9 Å². The topological polar surface area (TPSA) is 72.0 Å². The van der Waals surface area contributed by atoms with E-state index in [0.717, 1.165) is 11.3 Å². The summed E-state index contributed by atoms with van der Waals surface area (Å²) in [5, 5.41) is 0. The molecule has 0 radical (unpaired) electrons. The second-order valence-corrected chi connectivity index (χ2v) is 7.24. The zero-order valence-corrected chi connectivity index (χ0v) is 15.8. The average Bonchev–Trinajstić information content (AvgIpc) is 2.87. The van der Waals surface area contributed by atoms with Crippen LogP contribution in [0.15, 0.2) is 48.7 Å². The Morgan fingerprint density at radius 1 is 1.14 bits per heavy atom. The molecule has 7 heteroatoms.